The second-order valence-corrected chi connectivity index (χ2v) is 41.3. The van der Waals surface area contributed by atoms with Gasteiger partial charge in [0.25, 0.3) is 5.79 Å². The molecule has 0 atom stereocenters. The van der Waals surface area contributed by atoms with E-state index in [4.69, 9.17) is 105 Å². The molecule has 0 radical (unpaired) electrons. The molecule has 149 heavy (non-hydrogen) atoms. The summed E-state index contributed by atoms with van der Waals surface area (Å²) in [6.45, 7) is 11.9. The molecule has 2 fully saturated rings. The van der Waals surface area contributed by atoms with Crippen LogP contribution in [0.4, 0.5) is 5.69 Å². The fourth-order valence-electron chi connectivity index (χ4n) is 14.8. The van der Waals surface area contributed by atoms with E-state index in [9.17, 15) is 33.9 Å². The number of ether oxygens (including phenoxy) is 12. The van der Waals surface area contributed by atoms with E-state index in [1.165, 1.54) is 117 Å². The zero-order valence-corrected chi connectivity index (χ0v) is 96.3. The van der Waals surface area contributed by atoms with Crippen LogP contribution in [0.25, 0.3) is 43.6 Å². The summed E-state index contributed by atoms with van der Waals surface area (Å²) in [6, 6.07) is 86.8. The minimum atomic E-state index is -1.45. The number of pyridine rings is 5. The van der Waals surface area contributed by atoms with Crippen molar-refractivity contribution in [1.82, 2.24) is 24.9 Å². The number of hydrogen-bond donors (Lipinski definition) is 3. The SMILES string of the molecule is C1CCOC1.CC[SiH](CC)CC.COC(=O)c1cc(OC)c(NC=C2C(=O)OC(C)(C)OC2=O)cn1.COC(=O)c1cc(OC)c2[nH]ccc(=O)c2c1.COC(=O)c1cc(OC)c2nccc(Br)c2c1.COc1cc(C(O)(c2ccc(Cl)cc2)c2ccc(Cl)cc2)cc2c(Br)ccnc12.COc1cc(C(c2ccc(Cl)cc2)c2ccc(Cl)cc2)cc2c(Br)ccnc12.Clc1cc[c-]cc1.[Br-].[Mg+2].c1ccc(Oc2ccccc2)cc1. The van der Waals surface area contributed by atoms with Crippen molar-refractivity contribution < 1.29 is 103 Å². The van der Waals surface area contributed by atoms with Crippen LogP contribution in [0, 0.1) is 6.07 Å². The first-order valence-corrected chi connectivity index (χ1v) is 52.5. The largest absolute Gasteiger partial charge is 2.00 e. The van der Waals surface area contributed by atoms with Crippen LogP contribution >= 0.6 is 106 Å². The molecule has 0 amide bonds. The predicted octanol–water partition coefficient (Wildman–Crippen LogP) is 24.5. The molecule has 7 heterocycles. The number of aromatic nitrogens is 5. The molecule has 2 saturated heterocycles. The van der Waals surface area contributed by atoms with E-state index in [1.807, 2.05) is 140 Å². The number of cyclic esters (lactones) is 2. The first-order valence-electron chi connectivity index (χ1n) is 45.8. The fraction of sp³-hybridized carbons (Fsp3) is 0.204. The molecule has 0 spiro atoms. The second-order valence-electron chi connectivity index (χ2n) is 32.3. The fourth-order valence-corrected chi connectivity index (χ4v) is 18.4. The first-order chi connectivity index (χ1) is 70.8. The summed E-state index contributed by atoms with van der Waals surface area (Å²) < 4.78 is 63.8. The van der Waals surface area contributed by atoms with Gasteiger partial charge in [-0.3, -0.25) is 19.7 Å². The van der Waals surface area contributed by atoms with Crippen LogP contribution in [0.2, 0.25) is 43.2 Å². The normalized spacial score (nSPS) is 11.8. The van der Waals surface area contributed by atoms with Crippen LogP contribution in [0.15, 0.2) is 322 Å². The zero-order chi connectivity index (χ0) is 106. The van der Waals surface area contributed by atoms with Gasteiger partial charge in [0, 0.05) is 135 Å². The van der Waals surface area contributed by atoms with Crippen molar-refractivity contribution in [1.29, 1.82) is 0 Å². The van der Waals surface area contributed by atoms with E-state index >= 15 is 0 Å². The predicted molar refractivity (Wildman–Crippen MR) is 598 cm³/mol. The van der Waals surface area contributed by atoms with E-state index in [0.29, 0.717) is 87.2 Å². The van der Waals surface area contributed by atoms with Crippen molar-refractivity contribution in [2.75, 3.05) is 75.4 Å². The van der Waals surface area contributed by atoms with E-state index in [-0.39, 0.29) is 82.8 Å². The minimum Gasteiger partial charge on any atom is -1.00 e. The molecule has 36 heteroatoms. The molecule has 11 aromatic carbocycles. The Labute approximate surface area is 943 Å². The van der Waals surface area contributed by atoms with Crippen molar-refractivity contribution in [3.05, 3.63) is 409 Å². The molecule has 5 aromatic heterocycles. The molecular formula is C113H107Br4Cl5MgN6O19Si. The van der Waals surface area contributed by atoms with Crippen molar-refractivity contribution in [3.8, 4) is 40.2 Å². The summed E-state index contributed by atoms with van der Waals surface area (Å²) in [5, 5.41) is 21.2. The number of esters is 5. The summed E-state index contributed by atoms with van der Waals surface area (Å²) in [5.74, 6) is -0.195. The number of aromatic amines is 1. The third-order valence-corrected chi connectivity index (χ3v) is 29.3. The summed E-state index contributed by atoms with van der Waals surface area (Å²) in [4.78, 5) is 89.8. The van der Waals surface area contributed by atoms with Gasteiger partial charge in [0.05, 0.1) is 90.8 Å². The molecule has 0 saturated carbocycles. The minimum absolute atomic E-state index is 0. The average Bonchev–Trinajstić information content (AvgIpc) is 0.960. The van der Waals surface area contributed by atoms with Crippen molar-refractivity contribution in [2.45, 2.75) is 82.9 Å². The maximum atomic E-state index is 12.1. The van der Waals surface area contributed by atoms with Gasteiger partial charge in [-0.05, 0) is 186 Å². The number of nitrogens with one attached hydrogen (secondary N) is 2. The molecule has 3 N–H and O–H groups in total. The van der Waals surface area contributed by atoms with Crippen LogP contribution in [0.3, 0.4) is 0 Å². The second kappa shape index (κ2) is 61.3. The van der Waals surface area contributed by atoms with Gasteiger partial charge in [0.1, 0.15) is 62.4 Å². The van der Waals surface area contributed by atoms with Gasteiger partial charge in [-0.15, -0.1) is 11.6 Å². The van der Waals surface area contributed by atoms with Crippen molar-refractivity contribution >= 4 is 217 Å². The number of benzene rings is 11. The number of carbonyl (C=O) groups excluding carboxylic acids is 5. The molecule has 0 bridgehead atoms. The molecule has 16 aromatic rings. The number of fused-ring (bicyclic) bond motifs is 4. The number of aliphatic hydroxyl groups is 1. The van der Waals surface area contributed by atoms with Gasteiger partial charge < -0.3 is 89.2 Å². The Morgan fingerprint density at radius 3 is 1.28 bits per heavy atom. The number of nitrogens with zero attached hydrogens (tertiary/aromatic N) is 4. The number of anilines is 1. The Balaban J connectivity index is 0.000000212. The maximum Gasteiger partial charge on any atom is 2.00 e. The van der Waals surface area contributed by atoms with E-state index in [2.05, 4.69) is 151 Å². The summed E-state index contributed by atoms with van der Waals surface area (Å²) in [6.07, 6.45) is 11.7. The molecule has 2 aliphatic rings. The number of H-pyrrole nitrogens is 1. The van der Waals surface area contributed by atoms with Gasteiger partial charge in [-0.1, -0.05) is 223 Å². The third kappa shape index (κ3) is 34.8. The van der Waals surface area contributed by atoms with Gasteiger partial charge in [0.2, 0.25) is 0 Å². The summed E-state index contributed by atoms with van der Waals surface area (Å²) in [7, 11) is 11.3. The Morgan fingerprint density at radius 1 is 0.477 bits per heavy atom. The first kappa shape index (κ1) is 122. The smallest absolute Gasteiger partial charge is 1.00 e. The zero-order valence-electron chi connectivity index (χ0n) is 83.6. The van der Waals surface area contributed by atoms with Gasteiger partial charge in [-0.2, -0.15) is 30.3 Å². The summed E-state index contributed by atoms with van der Waals surface area (Å²) in [5.41, 5.74) is 7.30. The quantitative estimate of drug-likeness (QED) is 0.0114. The monoisotopic (exact) mass is 2390 g/mol. The number of halogens is 9. The molecule has 772 valence electrons. The molecule has 25 nitrogen and oxygen atoms in total. The summed E-state index contributed by atoms with van der Waals surface area (Å²) >= 11 is 40.6. The third-order valence-electron chi connectivity index (χ3n) is 22.5. The van der Waals surface area contributed by atoms with Gasteiger partial charge >= 0.3 is 52.9 Å². The molecule has 0 unspecified atom stereocenters. The van der Waals surface area contributed by atoms with Crippen LogP contribution in [-0.2, 0) is 43.6 Å². The Morgan fingerprint density at radius 2 is 0.879 bits per heavy atom. The molecule has 2 aliphatic heterocycles. The average molecular weight is 2400 g/mol. The van der Waals surface area contributed by atoms with Gasteiger partial charge in [-0.25, -0.2) is 29.0 Å². The van der Waals surface area contributed by atoms with Crippen molar-refractivity contribution in [3.63, 3.8) is 0 Å². The number of para-hydroxylation sites is 2. The van der Waals surface area contributed by atoms with E-state index in [1.54, 1.807) is 101 Å². The molecular weight excluding hydrogens is 2290 g/mol. The standard InChI is InChI=1S/C23H16BrCl2NO2.C23H16BrCl2NO.C15H16N2O7.C12H10BrNO3.C12H11NO4.C12H10O.C6H4Cl.C6H16Si.C4H8O.BrH.Mg/c1-29-21-13-16(12-19-20(24)10-11-27-22(19)21)23(28,14-2-6-17(25)7-3-14)15-4-8-18(26)9-5-15;1-28-21-13-16(12-19-20(24)10-11-27-23(19)21)22(14-2-6-17(25)7-3-14)15-4-8-18(26)9-5-15;1-15(2)23-12(18)8(13(19)24-15)6-16-10-7-17-9(14(20)22-4)5-11(10)21-3;1-16-10-6-7(12(15)17-2)5-8-9(13)3-4-14-11(8)10;1-16-10-6-7(12(15)17-2)5-8-9(14)3-4-13-11(8)10;1-3-7-11(8-4-1)13-12-9-5-2-6-10-12;7-6-4-2-1-3-5-6;1-4-7(5-2)6-3;1-2-4-5-3-1;;/h2-13,28H,1H3;2-13,22H,1H3;5-7,16H,1-4H3;3-6H,1-2H3;3-6H,1-2H3,(H,13,14);1-10H;2-5H;7H,4-6H2,1-3H3;1-4H2;1H;/q;;;;;;-1;;;;+2/p-1. The topological polar surface area (TPSA) is 313 Å². The number of carbonyl (C=O) groups is 5. The Kier molecular flexibility index (Phi) is 50.3. The van der Waals surface area contributed by atoms with Crippen molar-refractivity contribution in [2.24, 2.45) is 0 Å². The number of rotatable bonds is 21. The van der Waals surface area contributed by atoms with Gasteiger partial charge in [0.15, 0.2) is 16.7 Å². The van der Waals surface area contributed by atoms with Crippen LogP contribution in [-0.4, -0.2) is 168 Å². The maximum absolute atomic E-state index is 12.1. The number of hydrogen-bond acceptors (Lipinski definition) is 24. The van der Waals surface area contributed by atoms with Crippen LogP contribution in [0.5, 0.6) is 40.2 Å². The van der Waals surface area contributed by atoms with Crippen LogP contribution in [0.1, 0.15) is 118 Å². The van der Waals surface area contributed by atoms with E-state index in [0.717, 1.165) is 93.5 Å². The van der Waals surface area contributed by atoms with Crippen LogP contribution < -0.4 is 56.1 Å². The van der Waals surface area contributed by atoms with E-state index < -0.39 is 41.2 Å². The molecule has 0 aliphatic carbocycles. The Bertz CT molecular complexity index is 7050. The molecule has 18 rings (SSSR count). The Hall–Kier alpha value is -12.0. The number of methoxy groups -OCH3 is 8.